The van der Waals surface area contributed by atoms with E-state index in [0.29, 0.717) is 11.5 Å². The van der Waals surface area contributed by atoms with Gasteiger partial charge in [0.2, 0.25) is 0 Å². The van der Waals surface area contributed by atoms with Crippen molar-refractivity contribution in [1.29, 1.82) is 0 Å². The molecule has 5 rings (SSSR count). The number of nitrogens with zero attached hydrogens (tertiary/aromatic N) is 5. The highest BCUT2D eigenvalue weighted by molar-refractivity contribution is 9.10. The molecule has 30 heavy (non-hydrogen) atoms. The molecule has 0 saturated heterocycles. The Kier molecular flexibility index (Phi) is 4.36. The maximum Gasteiger partial charge on any atom is 0.435 e. The van der Waals surface area contributed by atoms with E-state index in [-0.39, 0.29) is 0 Å². The van der Waals surface area contributed by atoms with Gasteiger partial charge in [0.1, 0.15) is 17.9 Å². The van der Waals surface area contributed by atoms with E-state index in [0.717, 1.165) is 37.6 Å². The maximum atomic E-state index is 12.1. The number of fused-ring (bicyclic) bond motifs is 5. The summed E-state index contributed by atoms with van der Waals surface area (Å²) in [6, 6.07) is 13.9. The molecule has 4 aromatic rings. The Morgan fingerprint density at radius 2 is 1.93 bits per heavy atom. The van der Waals surface area contributed by atoms with Crippen LogP contribution in [0.2, 0.25) is 0 Å². The highest BCUT2D eigenvalue weighted by Gasteiger charge is 2.32. The molecular weight excluding hydrogens is 446 g/mol. The van der Waals surface area contributed by atoms with Crippen LogP contribution in [0.4, 0.5) is 4.79 Å². The first kappa shape index (κ1) is 18.5. The summed E-state index contributed by atoms with van der Waals surface area (Å²) in [6.07, 6.45) is 4.68. The van der Waals surface area contributed by atoms with Crippen molar-refractivity contribution in [2.75, 3.05) is 14.1 Å². The Morgan fingerprint density at radius 1 is 1.13 bits per heavy atom. The molecule has 0 aliphatic heterocycles. The predicted molar refractivity (Wildman–Crippen MR) is 118 cm³/mol. The van der Waals surface area contributed by atoms with Crippen molar-refractivity contribution >= 4 is 38.6 Å². The molecule has 148 valence electrons. The molecule has 0 fully saturated rings. The summed E-state index contributed by atoms with van der Waals surface area (Å²) in [7, 11) is 3.23. The van der Waals surface area contributed by atoms with Gasteiger partial charge in [0, 0.05) is 47.5 Å². The largest absolute Gasteiger partial charge is 0.435 e. The molecule has 8 heteroatoms. The van der Waals surface area contributed by atoms with Gasteiger partial charge < -0.3 is 4.90 Å². The van der Waals surface area contributed by atoms with Gasteiger partial charge in [0.05, 0.1) is 11.1 Å². The van der Waals surface area contributed by atoms with Gasteiger partial charge in [-0.15, -0.1) is 0 Å². The van der Waals surface area contributed by atoms with E-state index in [9.17, 15) is 4.79 Å². The van der Waals surface area contributed by atoms with Gasteiger partial charge in [0.15, 0.2) is 0 Å². The fourth-order valence-electron chi connectivity index (χ4n) is 3.60. The van der Waals surface area contributed by atoms with Crippen LogP contribution in [0.5, 0.6) is 0 Å². The van der Waals surface area contributed by atoms with Crippen LogP contribution in [0.15, 0.2) is 70.8 Å². The summed E-state index contributed by atoms with van der Waals surface area (Å²) < 4.78 is 2.80. The molecule has 1 aliphatic rings. The summed E-state index contributed by atoms with van der Waals surface area (Å²) in [4.78, 5) is 27.7. The molecule has 0 unspecified atom stereocenters. The number of carbonyl (C=O) groups is 1. The standard InChI is InChI=1S/C22H16BrN5O2/c1-27(2)22(29)30-26-20-15-6-4-3-5-14(15)18-16-11-13(23)7-8-17(16)25-21(19(18)20)28-10-9-24-12-28/h3-12H,1-2H3/b26-20+. The van der Waals surface area contributed by atoms with Gasteiger partial charge in [-0.05, 0) is 23.8 Å². The van der Waals surface area contributed by atoms with Gasteiger partial charge in [-0.1, -0.05) is 45.4 Å². The van der Waals surface area contributed by atoms with Crippen molar-refractivity contribution in [3.63, 3.8) is 0 Å². The Morgan fingerprint density at radius 3 is 2.67 bits per heavy atom. The minimum atomic E-state index is -0.547. The predicted octanol–water partition coefficient (Wildman–Crippen LogP) is 4.61. The Balaban J connectivity index is 1.87. The number of hydrogen-bond acceptors (Lipinski definition) is 5. The van der Waals surface area contributed by atoms with Crippen molar-refractivity contribution in [3.8, 4) is 16.9 Å². The van der Waals surface area contributed by atoms with Gasteiger partial charge in [-0.25, -0.2) is 14.8 Å². The van der Waals surface area contributed by atoms with Crippen LogP contribution >= 0.6 is 15.9 Å². The van der Waals surface area contributed by atoms with E-state index in [2.05, 4.69) is 26.1 Å². The van der Waals surface area contributed by atoms with Crippen LogP contribution in [0.25, 0.3) is 27.8 Å². The lowest BCUT2D eigenvalue weighted by atomic mass is 10.0. The molecule has 0 bridgehead atoms. The second-order valence-electron chi connectivity index (χ2n) is 7.05. The van der Waals surface area contributed by atoms with Crippen LogP contribution in [0.1, 0.15) is 11.1 Å². The molecule has 2 aromatic carbocycles. The monoisotopic (exact) mass is 461 g/mol. The second-order valence-corrected chi connectivity index (χ2v) is 7.97. The third-order valence-electron chi connectivity index (χ3n) is 4.95. The molecule has 0 spiro atoms. The number of imidazole rings is 1. The number of halogens is 1. The highest BCUT2D eigenvalue weighted by Crippen LogP contribution is 2.44. The molecule has 0 N–H and O–H groups in total. The second kappa shape index (κ2) is 7.07. The lowest BCUT2D eigenvalue weighted by Gasteiger charge is -2.13. The number of benzene rings is 2. The van der Waals surface area contributed by atoms with E-state index >= 15 is 0 Å². The molecule has 0 atom stereocenters. The van der Waals surface area contributed by atoms with E-state index in [1.54, 1.807) is 26.6 Å². The van der Waals surface area contributed by atoms with Gasteiger partial charge >= 0.3 is 6.09 Å². The highest BCUT2D eigenvalue weighted by atomic mass is 79.9. The lowest BCUT2D eigenvalue weighted by Crippen LogP contribution is -2.21. The number of oxime groups is 1. The lowest BCUT2D eigenvalue weighted by molar-refractivity contribution is 0.122. The Labute approximate surface area is 180 Å². The van der Waals surface area contributed by atoms with E-state index < -0.39 is 6.09 Å². The van der Waals surface area contributed by atoms with Crippen molar-refractivity contribution in [2.45, 2.75) is 0 Å². The average molecular weight is 462 g/mol. The smallest absolute Gasteiger partial charge is 0.312 e. The number of rotatable bonds is 2. The summed E-state index contributed by atoms with van der Waals surface area (Å²) in [6.45, 7) is 0. The van der Waals surface area contributed by atoms with Crippen LogP contribution in [0.3, 0.4) is 0 Å². The van der Waals surface area contributed by atoms with Crippen LogP contribution < -0.4 is 0 Å². The number of carbonyl (C=O) groups excluding carboxylic acids is 1. The van der Waals surface area contributed by atoms with Crippen molar-refractivity contribution in [1.82, 2.24) is 19.4 Å². The zero-order valence-electron chi connectivity index (χ0n) is 16.2. The summed E-state index contributed by atoms with van der Waals surface area (Å²) in [5.74, 6) is 0.674. The van der Waals surface area contributed by atoms with Gasteiger partial charge in [-0.3, -0.25) is 9.40 Å². The normalized spacial score (nSPS) is 13.4. The SMILES string of the molecule is CN(C)C(=O)O/N=C1\c2ccccc2-c2c1c(-n1ccnc1)nc1ccc(Br)cc21. The van der Waals surface area contributed by atoms with Crippen molar-refractivity contribution in [2.24, 2.45) is 5.16 Å². The topological polar surface area (TPSA) is 72.6 Å². The third-order valence-corrected chi connectivity index (χ3v) is 5.44. The summed E-state index contributed by atoms with van der Waals surface area (Å²) in [5.41, 5.74) is 5.11. The summed E-state index contributed by atoms with van der Waals surface area (Å²) >= 11 is 3.57. The summed E-state index contributed by atoms with van der Waals surface area (Å²) in [5, 5.41) is 5.25. The first-order chi connectivity index (χ1) is 14.5. The minimum Gasteiger partial charge on any atom is -0.312 e. The zero-order valence-corrected chi connectivity index (χ0v) is 17.8. The third kappa shape index (κ3) is 2.88. The molecule has 0 radical (unpaired) electrons. The first-order valence-corrected chi connectivity index (χ1v) is 10.0. The quantitative estimate of drug-likeness (QED) is 0.284. The van der Waals surface area contributed by atoms with Crippen LogP contribution in [-0.2, 0) is 4.84 Å². The van der Waals surface area contributed by atoms with Crippen LogP contribution in [0, 0.1) is 0 Å². The fourth-order valence-corrected chi connectivity index (χ4v) is 3.96. The van der Waals surface area contributed by atoms with E-state index in [1.165, 1.54) is 4.90 Å². The molecule has 0 saturated carbocycles. The Bertz CT molecular complexity index is 1330. The van der Waals surface area contributed by atoms with Crippen LogP contribution in [-0.4, -0.2) is 45.3 Å². The first-order valence-electron chi connectivity index (χ1n) is 9.22. The average Bonchev–Trinajstić information content (AvgIpc) is 3.38. The molecule has 7 nitrogen and oxygen atoms in total. The minimum absolute atomic E-state index is 0.547. The molecular formula is C22H16BrN5O2. The number of amides is 1. The molecule has 1 aliphatic carbocycles. The van der Waals surface area contributed by atoms with Gasteiger partial charge in [0.25, 0.3) is 0 Å². The fraction of sp³-hybridized carbons (Fsp3) is 0.0909. The van der Waals surface area contributed by atoms with E-state index in [4.69, 9.17) is 9.82 Å². The number of pyridine rings is 1. The molecule has 2 heterocycles. The maximum absolute atomic E-state index is 12.1. The van der Waals surface area contributed by atoms with E-state index in [1.807, 2.05) is 53.2 Å². The zero-order chi connectivity index (χ0) is 20.8. The Hall–Kier alpha value is -3.52. The number of aromatic nitrogens is 3. The molecule has 2 aromatic heterocycles. The van der Waals surface area contributed by atoms with Crippen molar-refractivity contribution < 1.29 is 9.63 Å². The number of hydrogen-bond donors (Lipinski definition) is 0. The van der Waals surface area contributed by atoms with Crippen molar-refractivity contribution in [3.05, 3.63) is 76.8 Å². The van der Waals surface area contributed by atoms with Gasteiger partial charge in [-0.2, -0.15) is 0 Å². The molecule has 1 amide bonds.